The van der Waals surface area contributed by atoms with Crippen LogP contribution >= 0.6 is 0 Å². The van der Waals surface area contributed by atoms with Gasteiger partial charge in [0.25, 0.3) is 0 Å². The summed E-state index contributed by atoms with van der Waals surface area (Å²) in [6.07, 6.45) is 1.70. The summed E-state index contributed by atoms with van der Waals surface area (Å²) in [4.78, 5) is 11.9. The van der Waals surface area contributed by atoms with Crippen LogP contribution in [0, 0.1) is 5.92 Å². The third-order valence-corrected chi connectivity index (χ3v) is 4.29. The summed E-state index contributed by atoms with van der Waals surface area (Å²) in [5, 5.41) is 6.23. The molecule has 4 nitrogen and oxygen atoms in total. The molecule has 24 heavy (non-hydrogen) atoms. The van der Waals surface area contributed by atoms with Crippen LogP contribution in [-0.2, 0) is 4.79 Å². The van der Waals surface area contributed by atoms with E-state index in [-0.39, 0.29) is 5.91 Å². The first-order chi connectivity index (χ1) is 11.8. The highest BCUT2D eigenvalue weighted by atomic mass is 16.5. The topological polar surface area (TPSA) is 50.4 Å². The molecule has 1 fully saturated rings. The molecule has 0 spiro atoms. The number of amides is 1. The van der Waals surface area contributed by atoms with Crippen molar-refractivity contribution in [3.63, 3.8) is 0 Å². The number of rotatable bonds is 7. The fourth-order valence-corrected chi connectivity index (χ4v) is 3.02. The molecule has 2 aromatic carbocycles. The molecule has 0 aromatic heterocycles. The highest BCUT2D eigenvalue weighted by Gasteiger charge is 2.17. The van der Waals surface area contributed by atoms with Gasteiger partial charge in [-0.1, -0.05) is 48.5 Å². The van der Waals surface area contributed by atoms with E-state index in [0.29, 0.717) is 25.5 Å². The SMILES string of the molecule is O=C(C[C@@H]1CCNC1)NCCOc1ccccc1-c1ccccc1. The Balaban J connectivity index is 1.48. The first kappa shape index (κ1) is 16.5. The van der Waals surface area contributed by atoms with Gasteiger partial charge in [-0.15, -0.1) is 0 Å². The summed E-state index contributed by atoms with van der Waals surface area (Å²) in [6, 6.07) is 18.2. The Hall–Kier alpha value is -2.33. The van der Waals surface area contributed by atoms with Crippen molar-refractivity contribution in [2.75, 3.05) is 26.2 Å². The van der Waals surface area contributed by atoms with Gasteiger partial charge in [0.1, 0.15) is 12.4 Å². The summed E-state index contributed by atoms with van der Waals surface area (Å²) in [5.41, 5.74) is 2.20. The van der Waals surface area contributed by atoms with E-state index in [1.54, 1.807) is 0 Å². The standard InChI is InChI=1S/C20H24N2O2/c23-20(14-16-10-11-21-15-16)22-12-13-24-19-9-5-4-8-18(19)17-6-2-1-3-7-17/h1-9,16,21H,10-15H2,(H,22,23)/t16-/m0/s1. The van der Waals surface area contributed by atoms with Crippen LogP contribution in [0.1, 0.15) is 12.8 Å². The lowest BCUT2D eigenvalue weighted by Gasteiger charge is -2.13. The Morgan fingerprint density at radius 3 is 2.71 bits per heavy atom. The Bertz CT molecular complexity index is 652. The van der Waals surface area contributed by atoms with Gasteiger partial charge in [-0.25, -0.2) is 0 Å². The maximum atomic E-state index is 11.9. The molecule has 0 unspecified atom stereocenters. The summed E-state index contributed by atoms with van der Waals surface area (Å²) in [7, 11) is 0. The molecule has 1 aliphatic heterocycles. The highest BCUT2D eigenvalue weighted by molar-refractivity contribution is 5.76. The van der Waals surface area contributed by atoms with E-state index in [4.69, 9.17) is 4.74 Å². The van der Waals surface area contributed by atoms with E-state index in [1.165, 1.54) is 0 Å². The van der Waals surface area contributed by atoms with E-state index in [9.17, 15) is 4.79 Å². The normalized spacial score (nSPS) is 16.8. The van der Waals surface area contributed by atoms with Crippen molar-refractivity contribution in [3.05, 3.63) is 54.6 Å². The number of nitrogens with one attached hydrogen (secondary N) is 2. The Morgan fingerprint density at radius 2 is 1.92 bits per heavy atom. The van der Waals surface area contributed by atoms with E-state index >= 15 is 0 Å². The summed E-state index contributed by atoms with van der Waals surface area (Å²) in [5.74, 6) is 1.44. The minimum Gasteiger partial charge on any atom is -0.491 e. The van der Waals surface area contributed by atoms with Crippen molar-refractivity contribution in [3.8, 4) is 16.9 Å². The number of ether oxygens (including phenoxy) is 1. The fourth-order valence-electron chi connectivity index (χ4n) is 3.02. The van der Waals surface area contributed by atoms with Gasteiger partial charge in [0.05, 0.1) is 6.54 Å². The second-order valence-electron chi connectivity index (χ2n) is 6.12. The fraction of sp³-hybridized carbons (Fsp3) is 0.350. The van der Waals surface area contributed by atoms with Gasteiger partial charge in [0.2, 0.25) is 5.91 Å². The van der Waals surface area contributed by atoms with Gasteiger partial charge in [0, 0.05) is 12.0 Å². The molecule has 2 N–H and O–H groups in total. The molecule has 1 saturated heterocycles. The minimum absolute atomic E-state index is 0.114. The maximum absolute atomic E-state index is 11.9. The minimum atomic E-state index is 0.114. The maximum Gasteiger partial charge on any atom is 0.220 e. The van der Waals surface area contributed by atoms with E-state index in [0.717, 1.165) is 36.4 Å². The zero-order valence-corrected chi connectivity index (χ0v) is 13.8. The molecule has 0 bridgehead atoms. The monoisotopic (exact) mass is 324 g/mol. The number of carbonyl (C=O) groups is 1. The van der Waals surface area contributed by atoms with E-state index < -0.39 is 0 Å². The number of hydrogen-bond acceptors (Lipinski definition) is 3. The molecule has 1 atom stereocenters. The van der Waals surface area contributed by atoms with Crippen LogP contribution in [0.25, 0.3) is 11.1 Å². The van der Waals surface area contributed by atoms with Gasteiger partial charge < -0.3 is 15.4 Å². The van der Waals surface area contributed by atoms with Crippen LogP contribution in [0.15, 0.2) is 54.6 Å². The molecule has 1 amide bonds. The largest absolute Gasteiger partial charge is 0.491 e. The lowest BCUT2D eigenvalue weighted by Crippen LogP contribution is -2.30. The van der Waals surface area contributed by atoms with Gasteiger partial charge in [0.15, 0.2) is 0 Å². The average Bonchev–Trinajstić information content (AvgIpc) is 3.13. The van der Waals surface area contributed by atoms with E-state index in [1.807, 2.05) is 36.4 Å². The lowest BCUT2D eigenvalue weighted by molar-refractivity contribution is -0.122. The molecule has 3 rings (SSSR count). The molecular weight excluding hydrogens is 300 g/mol. The molecular formula is C20H24N2O2. The van der Waals surface area contributed by atoms with Crippen LogP contribution in [0.4, 0.5) is 0 Å². The Labute approximate surface area is 143 Å². The zero-order valence-electron chi connectivity index (χ0n) is 13.8. The van der Waals surface area contributed by atoms with Crippen molar-refractivity contribution in [2.45, 2.75) is 12.8 Å². The van der Waals surface area contributed by atoms with Crippen LogP contribution < -0.4 is 15.4 Å². The summed E-state index contributed by atoms with van der Waals surface area (Å²) >= 11 is 0. The van der Waals surface area contributed by atoms with Gasteiger partial charge in [-0.2, -0.15) is 0 Å². The van der Waals surface area contributed by atoms with Crippen LogP contribution in [0.5, 0.6) is 5.75 Å². The highest BCUT2D eigenvalue weighted by Crippen LogP contribution is 2.29. The smallest absolute Gasteiger partial charge is 0.220 e. The lowest BCUT2D eigenvalue weighted by atomic mass is 10.0. The number of para-hydroxylation sites is 1. The molecule has 1 heterocycles. The van der Waals surface area contributed by atoms with Crippen molar-refractivity contribution < 1.29 is 9.53 Å². The quantitative estimate of drug-likeness (QED) is 0.770. The second-order valence-corrected chi connectivity index (χ2v) is 6.12. The predicted octanol–water partition coefficient (Wildman–Crippen LogP) is 2.85. The van der Waals surface area contributed by atoms with Crippen LogP contribution in [0.2, 0.25) is 0 Å². The van der Waals surface area contributed by atoms with Crippen molar-refractivity contribution >= 4 is 5.91 Å². The first-order valence-corrected chi connectivity index (χ1v) is 8.57. The molecule has 2 aromatic rings. The van der Waals surface area contributed by atoms with Crippen LogP contribution in [-0.4, -0.2) is 32.1 Å². The van der Waals surface area contributed by atoms with Crippen molar-refractivity contribution in [1.82, 2.24) is 10.6 Å². The molecule has 0 aliphatic carbocycles. The van der Waals surface area contributed by atoms with Gasteiger partial charge >= 0.3 is 0 Å². The Morgan fingerprint density at radius 1 is 1.12 bits per heavy atom. The van der Waals surface area contributed by atoms with Crippen molar-refractivity contribution in [2.24, 2.45) is 5.92 Å². The zero-order chi connectivity index (χ0) is 16.6. The third-order valence-electron chi connectivity index (χ3n) is 4.29. The summed E-state index contributed by atoms with van der Waals surface area (Å²) < 4.78 is 5.88. The van der Waals surface area contributed by atoms with Gasteiger partial charge in [-0.05, 0) is 37.1 Å². The Kier molecular flexibility index (Phi) is 5.85. The molecule has 1 aliphatic rings. The van der Waals surface area contributed by atoms with Crippen molar-refractivity contribution in [1.29, 1.82) is 0 Å². The van der Waals surface area contributed by atoms with Gasteiger partial charge in [-0.3, -0.25) is 4.79 Å². The predicted molar refractivity (Wildman–Crippen MR) is 96.0 cm³/mol. The molecule has 0 radical (unpaired) electrons. The number of carbonyl (C=O) groups excluding carboxylic acids is 1. The second kappa shape index (κ2) is 8.50. The third kappa shape index (κ3) is 4.59. The first-order valence-electron chi connectivity index (χ1n) is 8.57. The number of hydrogen-bond donors (Lipinski definition) is 2. The average molecular weight is 324 g/mol. The number of benzene rings is 2. The summed E-state index contributed by atoms with van der Waals surface area (Å²) in [6.45, 7) is 2.98. The molecule has 0 saturated carbocycles. The van der Waals surface area contributed by atoms with Crippen LogP contribution in [0.3, 0.4) is 0 Å². The van der Waals surface area contributed by atoms with E-state index in [2.05, 4.69) is 28.8 Å². The molecule has 4 heteroatoms. The molecule has 126 valence electrons.